The highest BCUT2D eigenvalue weighted by molar-refractivity contribution is 8.00. The number of hydrogen-bond acceptors (Lipinski definition) is 6. The summed E-state index contributed by atoms with van der Waals surface area (Å²) in [6, 6.07) is 14.9. The molecule has 1 heterocycles. The lowest BCUT2D eigenvalue weighted by atomic mass is 10.1. The van der Waals surface area contributed by atoms with Crippen molar-refractivity contribution in [3.63, 3.8) is 0 Å². The fourth-order valence-corrected chi connectivity index (χ4v) is 3.80. The van der Waals surface area contributed by atoms with Crippen LogP contribution in [0.15, 0.2) is 53.7 Å². The Morgan fingerprint density at radius 1 is 1.00 bits per heavy atom. The number of rotatable bonds is 8. The van der Waals surface area contributed by atoms with Gasteiger partial charge in [0.05, 0.1) is 19.5 Å². The maximum atomic E-state index is 12.9. The molecule has 3 aromatic rings. The predicted octanol–water partition coefficient (Wildman–Crippen LogP) is 4.25. The van der Waals surface area contributed by atoms with E-state index in [9.17, 15) is 4.79 Å². The van der Waals surface area contributed by atoms with E-state index < -0.39 is 0 Å². The molecule has 0 spiro atoms. The number of ketones is 1. The summed E-state index contributed by atoms with van der Waals surface area (Å²) in [5, 5.41) is 9.08. The van der Waals surface area contributed by atoms with Gasteiger partial charge < -0.3 is 14.0 Å². The first-order valence-corrected chi connectivity index (χ1v) is 9.84. The number of ether oxygens (including phenoxy) is 2. The Kier molecular flexibility index (Phi) is 6.36. The summed E-state index contributed by atoms with van der Waals surface area (Å²) < 4.78 is 12.3. The van der Waals surface area contributed by atoms with Crippen molar-refractivity contribution in [2.45, 2.75) is 23.8 Å². The minimum Gasteiger partial charge on any atom is -0.497 e. The molecule has 1 aromatic heterocycles. The Morgan fingerprint density at radius 3 is 2.11 bits per heavy atom. The second kappa shape index (κ2) is 8.93. The molecule has 1 unspecified atom stereocenters. The molecule has 0 aliphatic rings. The Hall–Kier alpha value is -2.80. The molecule has 3 rings (SSSR count). The van der Waals surface area contributed by atoms with Crippen molar-refractivity contribution in [2.24, 2.45) is 7.05 Å². The van der Waals surface area contributed by atoms with Crippen molar-refractivity contribution in [1.29, 1.82) is 0 Å². The van der Waals surface area contributed by atoms with Crippen LogP contribution in [0, 0.1) is 0 Å². The van der Waals surface area contributed by atoms with E-state index in [0.29, 0.717) is 17.1 Å². The molecule has 28 heavy (non-hydrogen) atoms. The van der Waals surface area contributed by atoms with E-state index in [1.165, 1.54) is 11.8 Å². The summed E-state index contributed by atoms with van der Waals surface area (Å²) in [5.74, 6) is 2.34. The van der Waals surface area contributed by atoms with Gasteiger partial charge in [-0.1, -0.05) is 18.7 Å². The first kappa shape index (κ1) is 19.9. The van der Waals surface area contributed by atoms with E-state index in [-0.39, 0.29) is 11.0 Å². The molecule has 0 fully saturated rings. The zero-order chi connectivity index (χ0) is 20.1. The van der Waals surface area contributed by atoms with Crippen LogP contribution in [0.1, 0.15) is 23.7 Å². The Morgan fingerprint density at radius 2 is 1.57 bits per heavy atom. The topological polar surface area (TPSA) is 66.2 Å². The molecule has 2 aromatic carbocycles. The molecule has 0 amide bonds. The molecule has 0 aliphatic heterocycles. The fourth-order valence-electron chi connectivity index (χ4n) is 2.80. The van der Waals surface area contributed by atoms with Gasteiger partial charge in [-0.25, -0.2) is 0 Å². The van der Waals surface area contributed by atoms with Gasteiger partial charge >= 0.3 is 0 Å². The number of benzene rings is 2. The van der Waals surface area contributed by atoms with E-state index >= 15 is 0 Å². The number of Topliss-reactive ketones (excluding diaryl/α,β-unsaturated/α-hetero) is 1. The zero-order valence-electron chi connectivity index (χ0n) is 16.4. The van der Waals surface area contributed by atoms with Crippen LogP contribution in [0.2, 0.25) is 0 Å². The van der Waals surface area contributed by atoms with Gasteiger partial charge in [-0.15, -0.1) is 10.2 Å². The van der Waals surface area contributed by atoms with Crippen LogP contribution in [-0.4, -0.2) is 40.0 Å². The van der Waals surface area contributed by atoms with E-state index in [1.54, 1.807) is 38.5 Å². The zero-order valence-corrected chi connectivity index (χ0v) is 17.2. The van der Waals surface area contributed by atoms with Crippen molar-refractivity contribution >= 4 is 17.5 Å². The number of thioether (sulfide) groups is 1. The summed E-state index contributed by atoms with van der Waals surface area (Å²) in [4.78, 5) is 12.9. The van der Waals surface area contributed by atoms with Crippen LogP contribution in [-0.2, 0) is 7.05 Å². The maximum Gasteiger partial charge on any atom is 0.191 e. The van der Waals surface area contributed by atoms with Gasteiger partial charge in [0.1, 0.15) is 11.5 Å². The first-order chi connectivity index (χ1) is 13.6. The molecule has 0 bridgehead atoms. The van der Waals surface area contributed by atoms with Crippen LogP contribution in [0.4, 0.5) is 0 Å². The molecule has 0 radical (unpaired) electrons. The van der Waals surface area contributed by atoms with Crippen LogP contribution < -0.4 is 9.47 Å². The van der Waals surface area contributed by atoms with E-state index in [2.05, 4.69) is 10.2 Å². The minimum atomic E-state index is -0.236. The molecule has 1 atom stereocenters. The van der Waals surface area contributed by atoms with Gasteiger partial charge in [-0.2, -0.15) is 0 Å². The second-order valence-corrected chi connectivity index (χ2v) is 7.37. The standard InChI is InChI=1S/C21H23N3O3S/c1-5-18(19(25)14-6-10-16(26-3)11-7-14)28-21-23-22-20(24(21)2)15-8-12-17(27-4)13-9-15/h6-13,18H,5H2,1-4H3. The molecule has 6 nitrogen and oxygen atoms in total. The lowest BCUT2D eigenvalue weighted by Gasteiger charge is -2.13. The first-order valence-electron chi connectivity index (χ1n) is 8.96. The second-order valence-electron chi connectivity index (χ2n) is 6.20. The number of nitrogens with zero attached hydrogens (tertiary/aromatic N) is 3. The third kappa shape index (κ3) is 4.20. The van der Waals surface area contributed by atoms with Gasteiger partial charge in [0.15, 0.2) is 16.8 Å². The van der Waals surface area contributed by atoms with Crippen LogP contribution in [0.3, 0.4) is 0 Å². The van der Waals surface area contributed by atoms with Crippen molar-refractivity contribution in [3.05, 3.63) is 54.1 Å². The van der Waals surface area contributed by atoms with Crippen molar-refractivity contribution in [3.8, 4) is 22.9 Å². The third-order valence-corrected chi connectivity index (χ3v) is 5.87. The maximum absolute atomic E-state index is 12.9. The molecular weight excluding hydrogens is 374 g/mol. The molecule has 0 N–H and O–H groups in total. The smallest absolute Gasteiger partial charge is 0.191 e. The van der Waals surface area contributed by atoms with Crippen molar-refractivity contribution < 1.29 is 14.3 Å². The summed E-state index contributed by atoms with van der Waals surface area (Å²) in [6.07, 6.45) is 0.695. The lowest BCUT2D eigenvalue weighted by Crippen LogP contribution is -2.17. The third-order valence-electron chi connectivity index (χ3n) is 4.47. The Bertz CT molecular complexity index is 937. The van der Waals surface area contributed by atoms with Gasteiger partial charge in [-0.3, -0.25) is 4.79 Å². The Balaban J connectivity index is 1.79. The number of aromatic nitrogens is 3. The summed E-state index contributed by atoms with van der Waals surface area (Å²) in [7, 11) is 5.15. The largest absolute Gasteiger partial charge is 0.497 e. The van der Waals surface area contributed by atoms with E-state index in [0.717, 1.165) is 22.9 Å². The molecule has 0 saturated carbocycles. The molecule has 0 aliphatic carbocycles. The molecule has 146 valence electrons. The van der Waals surface area contributed by atoms with Gasteiger partial charge in [0, 0.05) is 18.2 Å². The van der Waals surface area contributed by atoms with E-state index in [4.69, 9.17) is 9.47 Å². The fraction of sp³-hybridized carbons (Fsp3) is 0.286. The summed E-state index contributed by atoms with van der Waals surface area (Å²) >= 11 is 1.44. The average molecular weight is 398 g/mol. The van der Waals surface area contributed by atoms with Crippen LogP contribution >= 0.6 is 11.8 Å². The molecule has 0 saturated heterocycles. The summed E-state index contributed by atoms with van der Waals surface area (Å²) in [6.45, 7) is 2.00. The molecule has 7 heteroatoms. The van der Waals surface area contributed by atoms with Gasteiger partial charge in [0.2, 0.25) is 0 Å². The monoisotopic (exact) mass is 397 g/mol. The minimum absolute atomic E-state index is 0.0733. The predicted molar refractivity (Wildman–Crippen MR) is 110 cm³/mol. The number of carbonyl (C=O) groups is 1. The normalized spacial score (nSPS) is 11.9. The molecular formula is C21H23N3O3S. The quantitative estimate of drug-likeness (QED) is 0.418. The highest BCUT2D eigenvalue weighted by atomic mass is 32.2. The highest BCUT2D eigenvalue weighted by Crippen LogP contribution is 2.30. The SMILES string of the molecule is CCC(Sc1nnc(-c2ccc(OC)cc2)n1C)C(=O)c1ccc(OC)cc1. The van der Waals surface area contributed by atoms with Crippen LogP contribution in [0.25, 0.3) is 11.4 Å². The number of carbonyl (C=O) groups excluding carboxylic acids is 1. The average Bonchev–Trinajstić information content (AvgIpc) is 3.11. The van der Waals surface area contributed by atoms with E-state index in [1.807, 2.05) is 42.8 Å². The van der Waals surface area contributed by atoms with Crippen LogP contribution in [0.5, 0.6) is 11.5 Å². The van der Waals surface area contributed by atoms with Gasteiger partial charge in [-0.05, 0) is 55.0 Å². The Labute approximate surface area is 168 Å². The van der Waals surface area contributed by atoms with Crippen molar-refractivity contribution in [1.82, 2.24) is 14.8 Å². The van der Waals surface area contributed by atoms with Crippen molar-refractivity contribution in [2.75, 3.05) is 14.2 Å². The lowest BCUT2D eigenvalue weighted by molar-refractivity contribution is 0.0988. The number of methoxy groups -OCH3 is 2. The van der Waals surface area contributed by atoms with Gasteiger partial charge in [0.25, 0.3) is 0 Å². The number of hydrogen-bond donors (Lipinski definition) is 0. The highest BCUT2D eigenvalue weighted by Gasteiger charge is 2.23. The summed E-state index contributed by atoms with van der Waals surface area (Å²) in [5.41, 5.74) is 1.61.